The molecule has 1 saturated heterocycles. The first-order valence-corrected chi connectivity index (χ1v) is 10.5. The molecule has 5 nitrogen and oxygen atoms in total. The van der Waals surface area contributed by atoms with Gasteiger partial charge in [-0.15, -0.1) is 0 Å². The summed E-state index contributed by atoms with van der Waals surface area (Å²) in [7, 11) is 1.57. The van der Waals surface area contributed by atoms with Crippen LogP contribution in [0.4, 0.5) is 5.69 Å². The average Bonchev–Trinajstić information content (AvgIpc) is 2.99. The van der Waals surface area contributed by atoms with E-state index in [2.05, 4.69) is 24.4 Å². The molecule has 0 spiro atoms. The molecule has 2 amide bonds. The highest BCUT2D eigenvalue weighted by Gasteiger charge is 2.32. The summed E-state index contributed by atoms with van der Waals surface area (Å²) >= 11 is 6.61. The van der Waals surface area contributed by atoms with Crippen LogP contribution in [-0.2, 0) is 16.0 Å². The number of thiocarbonyl (C=S) groups is 1. The van der Waals surface area contributed by atoms with Crippen LogP contribution in [0, 0.1) is 0 Å². The number of nitrogens with one attached hydrogen (secondary N) is 1. The zero-order valence-corrected chi connectivity index (χ0v) is 17.9. The zero-order chi connectivity index (χ0) is 20.8. The number of methoxy groups -OCH3 is 1. The molecule has 7 heteroatoms. The Labute approximate surface area is 180 Å². The number of ether oxygens (including phenoxy) is 1. The van der Waals surface area contributed by atoms with Gasteiger partial charge in [0.25, 0.3) is 5.91 Å². The molecule has 1 N–H and O–H groups in total. The Morgan fingerprint density at radius 1 is 1.24 bits per heavy atom. The predicted octanol–water partition coefficient (Wildman–Crippen LogP) is 4.49. The summed E-state index contributed by atoms with van der Waals surface area (Å²) in [6.45, 7) is 2.34. The van der Waals surface area contributed by atoms with Gasteiger partial charge in [0, 0.05) is 24.7 Å². The standard InChI is InChI=1S/C22H22N2O3S2/c1-3-15-7-9-16(10-8-15)13-19-21(26)24(22(28)29-19)12-11-20(25)23-17-5-4-6-18(14-17)27-2/h4-10,13-14H,3,11-12H2,1-2H3,(H,23,25)/b19-13-. The van der Waals surface area contributed by atoms with Gasteiger partial charge in [0.2, 0.25) is 5.91 Å². The van der Waals surface area contributed by atoms with Crippen molar-refractivity contribution in [3.8, 4) is 5.75 Å². The van der Waals surface area contributed by atoms with Gasteiger partial charge in [-0.05, 0) is 35.8 Å². The minimum atomic E-state index is -0.188. The second kappa shape index (κ2) is 9.71. The monoisotopic (exact) mass is 426 g/mol. The van der Waals surface area contributed by atoms with Crippen LogP contribution in [0.5, 0.6) is 5.75 Å². The summed E-state index contributed by atoms with van der Waals surface area (Å²) < 4.78 is 5.62. The highest BCUT2D eigenvalue weighted by Crippen LogP contribution is 2.32. The molecule has 2 aromatic carbocycles. The van der Waals surface area contributed by atoms with Crippen LogP contribution >= 0.6 is 24.0 Å². The first-order chi connectivity index (χ1) is 14.0. The van der Waals surface area contributed by atoms with Crippen molar-refractivity contribution >= 4 is 51.9 Å². The second-order valence-electron chi connectivity index (χ2n) is 6.46. The number of carbonyl (C=O) groups excluding carboxylic acids is 2. The molecule has 29 heavy (non-hydrogen) atoms. The number of carbonyl (C=O) groups is 2. The van der Waals surface area contributed by atoms with Gasteiger partial charge in [-0.1, -0.05) is 61.2 Å². The van der Waals surface area contributed by atoms with Crippen LogP contribution in [0.25, 0.3) is 6.08 Å². The summed E-state index contributed by atoms with van der Waals surface area (Å²) in [5.74, 6) is 0.317. The van der Waals surface area contributed by atoms with E-state index in [-0.39, 0.29) is 24.8 Å². The molecule has 0 aliphatic carbocycles. The van der Waals surface area contributed by atoms with Crippen LogP contribution in [0.15, 0.2) is 53.4 Å². The van der Waals surface area contributed by atoms with Gasteiger partial charge in [-0.2, -0.15) is 0 Å². The summed E-state index contributed by atoms with van der Waals surface area (Å²) in [5.41, 5.74) is 2.85. The van der Waals surface area contributed by atoms with Crippen molar-refractivity contribution in [2.75, 3.05) is 19.0 Å². The molecular formula is C22H22N2O3S2. The van der Waals surface area contributed by atoms with E-state index in [0.717, 1.165) is 12.0 Å². The predicted molar refractivity (Wildman–Crippen MR) is 122 cm³/mol. The Morgan fingerprint density at radius 3 is 2.69 bits per heavy atom. The number of aryl methyl sites for hydroxylation is 1. The fourth-order valence-electron chi connectivity index (χ4n) is 2.83. The number of nitrogens with zero attached hydrogens (tertiary/aromatic N) is 1. The molecule has 1 aliphatic rings. The van der Waals surface area contributed by atoms with Crippen molar-refractivity contribution in [2.24, 2.45) is 0 Å². The summed E-state index contributed by atoms with van der Waals surface area (Å²) in [6.07, 6.45) is 2.97. The van der Waals surface area contributed by atoms with E-state index in [1.807, 2.05) is 18.2 Å². The summed E-state index contributed by atoms with van der Waals surface area (Å²) in [4.78, 5) is 27.0. The number of hydrogen-bond acceptors (Lipinski definition) is 5. The Hall–Kier alpha value is -2.64. The molecule has 0 atom stereocenters. The SMILES string of the molecule is CCc1ccc(/C=C2\SC(=S)N(CCC(=O)Nc3cccc(OC)c3)C2=O)cc1. The lowest BCUT2D eigenvalue weighted by Gasteiger charge is -2.14. The van der Waals surface area contributed by atoms with Gasteiger partial charge in [0.1, 0.15) is 10.1 Å². The molecular weight excluding hydrogens is 404 g/mol. The van der Waals surface area contributed by atoms with Gasteiger partial charge in [-0.25, -0.2) is 0 Å². The lowest BCUT2D eigenvalue weighted by molar-refractivity contribution is -0.122. The van der Waals surface area contributed by atoms with E-state index < -0.39 is 0 Å². The molecule has 3 rings (SSSR count). The van der Waals surface area contributed by atoms with Gasteiger partial charge in [0.05, 0.1) is 12.0 Å². The van der Waals surface area contributed by atoms with Gasteiger partial charge >= 0.3 is 0 Å². The first-order valence-electron chi connectivity index (χ1n) is 9.28. The second-order valence-corrected chi connectivity index (χ2v) is 8.13. The van der Waals surface area contributed by atoms with Crippen LogP contribution in [0.1, 0.15) is 24.5 Å². The van der Waals surface area contributed by atoms with E-state index >= 15 is 0 Å². The fraction of sp³-hybridized carbons (Fsp3) is 0.227. The third-order valence-electron chi connectivity index (χ3n) is 4.48. The number of rotatable bonds is 7. The zero-order valence-electron chi connectivity index (χ0n) is 16.3. The van der Waals surface area contributed by atoms with Crippen LogP contribution in [-0.4, -0.2) is 34.7 Å². The van der Waals surface area contributed by atoms with E-state index in [1.165, 1.54) is 22.2 Å². The van der Waals surface area contributed by atoms with Crippen LogP contribution in [0.2, 0.25) is 0 Å². The fourth-order valence-corrected chi connectivity index (χ4v) is 4.14. The van der Waals surface area contributed by atoms with E-state index in [9.17, 15) is 9.59 Å². The Balaban J connectivity index is 1.59. The van der Waals surface area contributed by atoms with Crippen molar-refractivity contribution in [3.63, 3.8) is 0 Å². The Bertz CT molecular complexity index is 955. The van der Waals surface area contributed by atoms with E-state index in [1.54, 1.807) is 31.4 Å². The third-order valence-corrected chi connectivity index (χ3v) is 5.85. The molecule has 0 saturated carbocycles. The minimum absolute atomic E-state index is 0.155. The number of benzene rings is 2. The Morgan fingerprint density at radius 2 is 2.00 bits per heavy atom. The summed E-state index contributed by atoms with van der Waals surface area (Å²) in [5, 5.41) is 2.81. The summed E-state index contributed by atoms with van der Waals surface area (Å²) in [6, 6.07) is 15.2. The van der Waals surface area contributed by atoms with Crippen molar-refractivity contribution in [3.05, 3.63) is 64.6 Å². The van der Waals surface area contributed by atoms with Crippen LogP contribution in [0.3, 0.4) is 0 Å². The highest BCUT2D eigenvalue weighted by molar-refractivity contribution is 8.26. The molecule has 1 fully saturated rings. The molecule has 1 heterocycles. The van der Waals surface area contributed by atoms with Crippen molar-refractivity contribution < 1.29 is 14.3 Å². The molecule has 2 aromatic rings. The molecule has 150 valence electrons. The largest absolute Gasteiger partial charge is 0.497 e. The number of hydrogen-bond donors (Lipinski definition) is 1. The molecule has 0 aromatic heterocycles. The maximum Gasteiger partial charge on any atom is 0.266 e. The molecule has 0 unspecified atom stereocenters. The maximum atomic E-state index is 12.7. The minimum Gasteiger partial charge on any atom is -0.497 e. The quantitative estimate of drug-likeness (QED) is 0.522. The molecule has 1 aliphatic heterocycles. The average molecular weight is 427 g/mol. The first kappa shape index (κ1) is 21.1. The van der Waals surface area contributed by atoms with E-state index in [0.29, 0.717) is 20.7 Å². The molecule has 0 radical (unpaired) electrons. The number of amides is 2. The Kier molecular flexibility index (Phi) is 7.06. The van der Waals surface area contributed by atoms with Crippen molar-refractivity contribution in [1.82, 2.24) is 4.90 Å². The third kappa shape index (κ3) is 5.46. The number of thioether (sulfide) groups is 1. The smallest absolute Gasteiger partial charge is 0.266 e. The highest BCUT2D eigenvalue weighted by atomic mass is 32.2. The van der Waals surface area contributed by atoms with Crippen molar-refractivity contribution in [1.29, 1.82) is 0 Å². The topological polar surface area (TPSA) is 58.6 Å². The van der Waals surface area contributed by atoms with Crippen LogP contribution < -0.4 is 10.1 Å². The normalized spacial score (nSPS) is 15.1. The van der Waals surface area contributed by atoms with E-state index in [4.69, 9.17) is 17.0 Å². The lowest BCUT2D eigenvalue weighted by Crippen LogP contribution is -2.31. The van der Waals surface area contributed by atoms with Crippen molar-refractivity contribution in [2.45, 2.75) is 19.8 Å². The maximum absolute atomic E-state index is 12.7. The van der Waals surface area contributed by atoms with Gasteiger partial charge < -0.3 is 10.1 Å². The number of anilines is 1. The van der Waals surface area contributed by atoms with Gasteiger partial charge in [0.15, 0.2) is 0 Å². The lowest BCUT2D eigenvalue weighted by atomic mass is 10.1. The van der Waals surface area contributed by atoms with Gasteiger partial charge in [-0.3, -0.25) is 14.5 Å². The molecule has 0 bridgehead atoms.